The van der Waals surface area contributed by atoms with Gasteiger partial charge in [0.05, 0.1) is 11.2 Å². The van der Waals surface area contributed by atoms with Gasteiger partial charge in [-0.05, 0) is 13.1 Å². The number of rotatable bonds is 5. The fourth-order valence-corrected chi connectivity index (χ4v) is 0.985. The van der Waals surface area contributed by atoms with Gasteiger partial charge in [0, 0.05) is 6.42 Å². The molecule has 1 unspecified atom stereocenters. The quantitative estimate of drug-likeness (QED) is 0.318. The Morgan fingerprint density at radius 2 is 2.33 bits per heavy atom. The van der Waals surface area contributed by atoms with Gasteiger partial charge >= 0.3 is 0 Å². The zero-order valence-electron chi connectivity index (χ0n) is 6.98. The molecule has 0 fully saturated rings. The third-order valence-corrected chi connectivity index (χ3v) is 1.77. The molecule has 0 aromatic carbocycles. The molecule has 1 atom stereocenters. The number of hydrogen-bond acceptors (Lipinski definition) is 2. The van der Waals surface area contributed by atoms with Gasteiger partial charge in [0.1, 0.15) is 5.17 Å². The number of halogens is 2. The lowest BCUT2D eigenvalue weighted by molar-refractivity contribution is 0.760. The molecule has 4 heteroatoms. The summed E-state index contributed by atoms with van der Waals surface area (Å²) >= 11 is 11.5. The molecule has 12 heavy (non-hydrogen) atoms. The highest BCUT2D eigenvalue weighted by atomic mass is 35.5. The maximum atomic E-state index is 5.75. The molecule has 0 radical (unpaired) electrons. The van der Waals surface area contributed by atoms with Crippen LogP contribution in [0.4, 0.5) is 0 Å². The highest BCUT2D eigenvalue weighted by Crippen LogP contribution is 2.05. The Balaban J connectivity index is 4.01. The topological polar surface area (TPSA) is 24.4 Å². The predicted octanol–water partition coefficient (Wildman–Crippen LogP) is 2.50. The first-order valence-corrected chi connectivity index (χ1v) is 4.27. The molecule has 0 aromatic heterocycles. The molecule has 0 aliphatic heterocycles. The molecule has 0 amide bonds. The molecule has 0 aromatic rings. The smallest absolute Gasteiger partial charge is 0.109 e. The van der Waals surface area contributed by atoms with Crippen molar-refractivity contribution in [3.8, 4) is 0 Å². The summed E-state index contributed by atoms with van der Waals surface area (Å²) in [6.45, 7) is 7.09. The van der Waals surface area contributed by atoms with E-state index in [9.17, 15) is 0 Å². The second kappa shape index (κ2) is 6.23. The van der Waals surface area contributed by atoms with Crippen LogP contribution in [0, 0.1) is 0 Å². The first-order chi connectivity index (χ1) is 5.60. The molecular weight excluding hydrogens is 195 g/mol. The Kier molecular flexibility index (Phi) is 6.07. The molecule has 0 saturated carbocycles. The van der Waals surface area contributed by atoms with Crippen LogP contribution in [0.15, 0.2) is 29.9 Å². The molecule has 68 valence electrons. The fraction of sp³-hybridized carbons (Fsp3) is 0.375. The lowest BCUT2D eigenvalue weighted by Gasteiger charge is -2.05. The Morgan fingerprint density at radius 3 is 2.75 bits per heavy atom. The Morgan fingerprint density at radius 1 is 1.75 bits per heavy atom. The minimum Gasteiger partial charge on any atom is -0.304 e. The average Bonchev–Trinajstić information content (AvgIpc) is 2.03. The van der Waals surface area contributed by atoms with E-state index in [1.807, 2.05) is 0 Å². The van der Waals surface area contributed by atoms with Crippen LogP contribution in [0.2, 0.25) is 0 Å². The van der Waals surface area contributed by atoms with Crippen molar-refractivity contribution in [2.24, 2.45) is 4.99 Å². The SMILES string of the molecule is C=CC(=C)/N=C(/Cl)CC(Cl)NC. The fourth-order valence-electron chi connectivity index (χ4n) is 0.497. The number of hydrogen-bond donors (Lipinski definition) is 1. The van der Waals surface area contributed by atoms with Crippen LogP contribution in [0.1, 0.15) is 6.42 Å². The van der Waals surface area contributed by atoms with Crippen LogP contribution in [-0.4, -0.2) is 17.7 Å². The second-order valence-electron chi connectivity index (χ2n) is 2.14. The van der Waals surface area contributed by atoms with Gasteiger partial charge in [-0.15, -0.1) is 11.6 Å². The third kappa shape index (κ3) is 5.35. The van der Waals surface area contributed by atoms with Crippen molar-refractivity contribution >= 4 is 28.4 Å². The van der Waals surface area contributed by atoms with Crippen molar-refractivity contribution in [2.75, 3.05) is 7.05 Å². The van der Waals surface area contributed by atoms with Crippen LogP contribution < -0.4 is 5.32 Å². The van der Waals surface area contributed by atoms with Gasteiger partial charge < -0.3 is 5.32 Å². The van der Waals surface area contributed by atoms with E-state index in [0.717, 1.165) is 0 Å². The van der Waals surface area contributed by atoms with E-state index >= 15 is 0 Å². The normalized spacial score (nSPS) is 14.1. The van der Waals surface area contributed by atoms with Crippen LogP contribution in [0.25, 0.3) is 0 Å². The lowest BCUT2D eigenvalue weighted by atomic mass is 10.4. The van der Waals surface area contributed by atoms with Crippen LogP contribution in [0.5, 0.6) is 0 Å². The van der Waals surface area contributed by atoms with Crippen LogP contribution in [-0.2, 0) is 0 Å². The van der Waals surface area contributed by atoms with Crippen LogP contribution in [0.3, 0.4) is 0 Å². The van der Waals surface area contributed by atoms with Crippen molar-refractivity contribution < 1.29 is 0 Å². The van der Waals surface area contributed by atoms with E-state index in [2.05, 4.69) is 23.5 Å². The van der Waals surface area contributed by atoms with E-state index in [0.29, 0.717) is 17.3 Å². The highest BCUT2D eigenvalue weighted by molar-refractivity contribution is 6.65. The largest absolute Gasteiger partial charge is 0.304 e. The Hall–Kier alpha value is -0.310. The lowest BCUT2D eigenvalue weighted by Crippen LogP contribution is -2.20. The molecule has 0 aliphatic rings. The maximum absolute atomic E-state index is 5.75. The summed E-state index contributed by atoms with van der Waals surface area (Å²) in [7, 11) is 1.75. The summed E-state index contributed by atoms with van der Waals surface area (Å²) < 4.78 is 0. The molecule has 2 nitrogen and oxygen atoms in total. The zero-order chi connectivity index (χ0) is 9.56. The van der Waals surface area contributed by atoms with Crippen molar-refractivity contribution in [3.63, 3.8) is 0 Å². The van der Waals surface area contributed by atoms with Crippen molar-refractivity contribution in [3.05, 3.63) is 24.9 Å². The molecule has 0 saturated heterocycles. The third-order valence-electron chi connectivity index (χ3n) is 1.16. The second-order valence-corrected chi connectivity index (χ2v) is 3.11. The standard InChI is InChI=1S/C8H12Cl2N2/c1-4-6(2)12-8(10)5-7(9)11-3/h4,7,11H,1-2,5H2,3H3/b12-8+. The first kappa shape index (κ1) is 11.7. The van der Waals surface area contributed by atoms with Gasteiger partial charge in [0.25, 0.3) is 0 Å². The monoisotopic (exact) mass is 206 g/mol. The number of allylic oxidation sites excluding steroid dienone is 1. The van der Waals surface area contributed by atoms with E-state index in [4.69, 9.17) is 23.2 Å². The van der Waals surface area contributed by atoms with Gasteiger partial charge in [0.15, 0.2) is 0 Å². The molecule has 0 rings (SSSR count). The summed E-state index contributed by atoms with van der Waals surface area (Å²) in [5.74, 6) is 0. The molecule has 1 N–H and O–H groups in total. The van der Waals surface area contributed by atoms with E-state index in [1.54, 1.807) is 7.05 Å². The highest BCUT2D eigenvalue weighted by Gasteiger charge is 2.03. The Bertz CT molecular complexity index is 199. The van der Waals surface area contributed by atoms with E-state index < -0.39 is 0 Å². The van der Waals surface area contributed by atoms with Crippen molar-refractivity contribution in [1.29, 1.82) is 0 Å². The minimum absolute atomic E-state index is 0.195. The molecule has 0 heterocycles. The van der Waals surface area contributed by atoms with Gasteiger partial charge in [-0.2, -0.15) is 0 Å². The molecular formula is C8H12Cl2N2. The Labute approximate surface area is 83.0 Å². The van der Waals surface area contributed by atoms with Crippen molar-refractivity contribution in [2.45, 2.75) is 11.9 Å². The summed E-state index contributed by atoms with van der Waals surface area (Å²) in [5, 5.41) is 3.26. The maximum Gasteiger partial charge on any atom is 0.109 e. The molecule has 0 spiro atoms. The first-order valence-electron chi connectivity index (χ1n) is 3.46. The van der Waals surface area contributed by atoms with Gasteiger partial charge in [0.2, 0.25) is 0 Å². The number of nitrogens with one attached hydrogen (secondary N) is 1. The summed E-state index contributed by atoms with van der Waals surface area (Å²) in [6.07, 6.45) is 2.01. The zero-order valence-corrected chi connectivity index (χ0v) is 8.49. The van der Waals surface area contributed by atoms with E-state index in [-0.39, 0.29) is 5.50 Å². The summed E-state index contributed by atoms with van der Waals surface area (Å²) in [6, 6.07) is 0. The average molecular weight is 207 g/mol. The van der Waals surface area contributed by atoms with E-state index in [1.165, 1.54) is 6.08 Å². The molecule has 0 aliphatic carbocycles. The minimum atomic E-state index is -0.195. The van der Waals surface area contributed by atoms with Crippen LogP contribution >= 0.6 is 23.2 Å². The van der Waals surface area contributed by atoms with Gasteiger partial charge in [-0.1, -0.05) is 24.8 Å². The summed E-state index contributed by atoms with van der Waals surface area (Å²) in [4.78, 5) is 3.93. The number of aliphatic imine (C=N–C) groups is 1. The number of nitrogens with zero attached hydrogens (tertiary/aromatic N) is 1. The molecule has 0 bridgehead atoms. The predicted molar refractivity (Wildman–Crippen MR) is 55.9 cm³/mol. The number of alkyl halides is 1. The van der Waals surface area contributed by atoms with Crippen molar-refractivity contribution in [1.82, 2.24) is 5.32 Å². The van der Waals surface area contributed by atoms with Gasteiger partial charge in [-0.3, -0.25) is 0 Å². The summed E-state index contributed by atoms with van der Waals surface area (Å²) in [5.41, 5.74) is 0.346. The van der Waals surface area contributed by atoms with Gasteiger partial charge in [-0.25, -0.2) is 4.99 Å².